The number of phenolic OH excluding ortho intramolecular Hbond substituents is 1. The number of aliphatic imine (C=N–C) groups is 1. The zero-order valence-electron chi connectivity index (χ0n) is 48.8. The van der Waals surface area contributed by atoms with Gasteiger partial charge in [-0.3, -0.25) is 81.7 Å². The number of aromatic hydroxyl groups is 1. The summed E-state index contributed by atoms with van der Waals surface area (Å²) >= 11 is 0. The van der Waals surface area contributed by atoms with Crippen molar-refractivity contribution in [2.24, 2.45) is 27.9 Å². The number of nitrogens with one attached hydrogen (secondary N) is 10. The molecule has 91 heavy (non-hydrogen) atoms. The third-order valence-electron chi connectivity index (χ3n) is 12.4. The molecule has 0 spiro atoms. The van der Waals surface area contributed by atoms with Crippen LogP contribution in [0.25, 0.3) is 0 Å². The van der Waals surface area contributed by atoms with Crippen molar-refractivity contribution in [2.75, 3.05) is 13.1 Å². The molecule has 10 amide bonds. The number of aliphatic carboxylic acids is 7. The normalized spacial score (nSPS) is 14.4. The highest BCUT2D eigenvalue weighted by Crippen LogP contribution is 2.13. The zero-order valence-corrected chi connectivity index (χ0v) is 48.8. The van der Waals surface area contributed by atoms with Gasteiger partial charge in [0.2, 0.25) is 59.1 Å². The molecule has 40 heteroatoms. The Morgan fingerprint density at radius 3 is 0.989 bits per heavy atom. The third kappa shape index (κ3) is 31.1. The number of hydrogen-bond acceptors (Lipinski definition) is 21. The molecule has 0 saturated heterocycles. The molecule has 1 aromatic carbocycles. The molecule has 0 bridgehead atoms. The second kappa shape index (κ2) is 39.2. The first-order valence-electron chi connectivity index (χ1n) is 27.3. The number of hydrogen-bond donors (Lipinski definition) is 22. The number of unbranched alkanes of at least 4 members (excludes halogenated alkanes) is 1. The van der Waals surface area contributed by atoms with Gasteiger partial charge in [0, 0.05) is 13.0 Å². The topological polar surface area (TPSA) is 689 Å². The smallest absolute Gasteiger partial charge is 0.326 e. The first kappa shape index (κ1) is 78.2. The summed E-state index contributed by atoms with van der Waals surface area (Å²) in [5.41, 5.74) is 22.2. The Kier molecular flexibility index (Phi) is 33.7. The molecular formula is C51H75N15O25. The van der Waals surface area contributed by atoms with Crippen LogP contribution in [-0.4, -0.2) is 227 Å². The average Bonchev–Trinajstić information content (AvgIpc) is 1.33. The molecule has 0 aliphatic carbocycles. The number of carbonyl (C=O) groups excluding carboxylic acids is 10. The predicted octanol–water partition coefficient (Wildman–Crippen LogP) is -8.73. The fourth-order valence-corrected chi connectivity index (χ4v) is 7.79. The number of phenols is 1. The largest absolute Gasteiger partial charge is 0.508 e. The van der Waals surface area contributed by atoms with Gasteiger partial charge in [0.1, 0.15) is 66.2 Å². The Morgan fingerprint density at radius 1 is 0.396 bits per heavy atom. The summed E-state index contributed by atoms with van der Waals surface area (Å²) in [6.07, 6.45) is -8.62. The molecule has 0 radical (unpaired) electrons. The fourth-order valence-electron chi connectivity index (χ4n) is 7.79. The Bertz CT molecular complexity index is 2870. The zero-order chi connectivity index (χ0) is 69.4. The van der Waals surface area contributed by atoms with Gasteiger partial charge in [0.15, 0.2) is 5.96 Å². The molecule has 1 rings (SSSR count). The molecule has 0 saturated carbocycles. The van der Waals surface area contributed by atoms with Crippen LogP contribution in [0, 0.1) is 0 Å². The van der Waals surface area contributed by atoms with Crippen LogP contribution in [-0.2, 0) is 87.9 Å². The highest BCUT2D eigenvalue weighted by Gasteiger charge is 2.38. The standard InChI is InChI=1S/C51H75N15O25/c1-21(53)40(80)60-27(15-34(68)69)44(84)57-22(2)41(81)61-28(16-35(70)71)46(86)63-30(18-37(74)75)48(88)65-32(20-39(78)79)49(89)64-31(19-38(76)77)47(87)62-29(17-36(72)73)45(85)59-25(6-3-4-12-52)42(82)58-26(7-5-13-56-51(54)55)43(83)66-33(50(90)91)14-23-8-10-24(67)11-9-23/h8-11,21-22,25-33,67H,3-7,12-20,52-53H2,1-2H3,(H,57,84)(H,58,82)(H,59,85)(H,60,80)(H,61,81)(H,62,87)(H,63,86)(H,64,89)(H,65,88)(H,66,83)(H,68,69)(H,70,71)(H,72,73)(H,74,75)(H,76,77)(H,78,79)(H,90,91)(H4,54,55,56)/t21-,22-,25-,26-,27-,28-,29-,30-,31-,32-,33-/m0/s1. The molecule has 504 valence electrons. The monoisotopic (exact) mass is 1300 g/mol. The molecular weight excluding hydrogens is 1220 g/mol. The molecule has 40 nitrogen and oxygen atoms in total. The SMILES string of the molecule is C[C@H](N)C(=O)N[C@@H](CC(=O)O)C(=O)N[C@@H](C)C(=O)N[C@@H](CC(=O)O)C(=O)N[C@@H](CC(=O)O)C(=O)N[C@@H](CC(=O)O)C(=O)N[C@@H](CC(=O)O)C(=O)N[C@@H](CC(=O)O)C(=O)N[C@@H](CCCCN)C(=O)N[C@@H](CCCN=C(N)N)C(=O)N[C@@H](Cc1ccc(O)cc1)C(=O)O. The van der Waals surface area contributed by atoms with E-state index in [9.17, 15) is 122 Å². The maximum Gasteiger partial charge on any atom is 0.326 e. The third-order valence-corrected chi connectivity index (χ3v) is 12.4. The number of amides is 10. The van der Waals surface area contributed by atoms with Crippen LogP contribution in [0.5, 0.6) is 5.75 Å². The Morgan fingerprint density at radius 2 is 0.681 bits per heavy atom. The number of guanidine groups is 1. The summed E-state index contributed by atoms with van der Waals surface area (Å²) in [6.45, 7) is 2.10. The van der Waals surface area contributed by atoms with Gasteiger partial charge in [-0.1, -0.05) is 12.1 Å². The number of benzene rings is 1. The minimum atomic E-state index is -2.44. The molecule has 26 N–H and O–H groups in total. The first-order chi connectivity index (χ1) is 42.4. The molecule has 11 atom stereocenters. The highest BCUT2D eigenvalue weighted by molar-refractivity contribution is 6.02. The molecule has 0 unspecified atom stereocenters. The van der Waals surface area contributed by atoms with Crippen molar-refractivity contribution in [1.82, 2.24) is 53.2 Å². The van der Waals surface area contributed by atoms with Gasteiger partial charge in [-0.2, -0.15) is 0 Å². The summed E-state index contributed by atoms with van der Waals surface area (Å²) in [5, 5.41) is 97.5. The van der Waals surface area contributed by atoms with Crippen molar-refractivity contribution < 1.29 is 122 Å². The highest BCUT2D eigenvalue weighted by atomic mass is 16.4. The lowest BCUT2D eigenvalue weighted by atomic mass is 10.0. The second-order valence-electron chi connectivity index (χ2n) is 20.1. The minimum absolute atomic E-state index is 0.0153. The first-order valence-corrected chi connectivity index (χ1v) is 27.3. The number of carboxylic acids is 7. The van der Waals surface area contributed by atoms with E-state index in [4.69, 9.17) is 22.9 Å². The molecule has 0 fully saturated rings. The van der Waals surface area contributed by atoms with Crippen molar-refractivity contribution in [3.05, 3.63) is 29.8 Å². The Balaban J connectivity index is 3.56. The van der Waals surface area contributed by atoms with E-state index in [1.165, 1.54) is 31.2 Å². The number of carboxylic acid groups (broad SMARTS) is 7. The molecule has 0 aliphatic heterocycles. The lowest BCUT2D eigenvalue weighted by Gasteiger charge is -2.27. The fraction of sp³-hybridized carbons (Fsp3) is 0.529. The van der Waals surface area contributed by atoms with E-state index in [0.29, 0.717) is 5.56 Å². The van der Waals surface area contributed by atoms with Gasteiger partial charge >= 0.3 is 41.8 Å². The second-order valence-corrected chi connectivity index (χ2v) is 20.1. The van der Waals surface area contributed by atoms with Crippen LogP contribution in [0.15, 0.2) is 29.3 Å². The van der Waals surface area contributed by atoms with Crippen LogP contribution < -0.4 is 76.1 Å². The van der Waals surface area contributed by atoms with Crippen molar-refractivity contribution in [3.8, 4) is 5.75 Å². The van der Waals surface area contributed by atoms with Gasteiger partial charge in [0.25, 0.3) is 0 Å². The Labute approximate surface area is 515 Å². The predicted molar refractivity (Wildman–Crippen MR) is 304 cm³/mol. The van der Waals surface area contributed by atoms with E-state index in [0.717, 1.165) is 6.92 Å². The van der Waals surface area contributed by atoms with Crippen molar-refractivity contribution in [2.45, 2.75) is 157 Å². The summed E-state index contributed by atoms with van der Waals surface area (Å²) in [6, 6.07) is -16.1. The molecule has 0 aromatic heterocycles. The average molecular weight is 1300 g/mol. The Hall–Kier alpha value is -10.8. The summed E-state index contributed by atoms with van der Waals surface area (Å²) in [5.74, 6) is -26.9. The van der Waals surface area contributed by atoms with Crippen molar-refractivity contribution >= 4 is 107 Å². The van der Waals surface area contributed by atoms with E-state index in [-0.39, 0.29) is 63.3 Å². The molecule has 0 aliphatic rings. The molecule has 0 heterocycles. The lowest BCUT2D eigenvalue weighted by Crippen LogP contribution is -2.61. The minimum Gasteiger partial charge on any atom is -0.508 e. The van der Waals surface area contributed by atoms with Crippen LogP contribution in [0.3, 0.4) is 0 Å². The van der Waals surface area contributed by atoms with Gasteiger partial charge in [-0.15, -0.1) is 0 Å². The van der Waals surface area contributed by atoms with E-state index in [1.54, 1.807) is 5.32 Å². The van der Waals surface area contributed by atoms with Crippen molar-refractivity contribution in [1.29, 1.82) is 0 Å². The summed E-state index contributed by atoms with van der Waals surface area (Å²) < 4.78 is 0. The van der Waals surface area contributed by atoms with Gasteiger partial charge in [0.05, 0.1) is 44.6 Å². The number of nitrogens with two attached hydrogens (primary N) is 4. The van der Waals surface area contributed by atoms with E-state index in [2.05, 4.69) is 20.9 Å². The number of carbonyl (C=O) groups is 17. The summed E-state index contributed by atoms with van der Waals surface area (Å²) in [4.78, 5) is 222. The van der Waals surface area contributed by atoms with E-state index >= 15 is 0 Å². The number of nitrogens with zero attached hydrogens (tertiary/aromatic N) is 1. The van der Waals surface area contributed by atoms with Crippen molar-refractivity contribution in [3.63, 3.8) is 0 Å². The van der Waals surface area contributed by atoms with Gasteiger partial charge < -0.3 is 117 Å². The number of rotatable bonds is 43. The molecule has 1 aromatic rings. The maximum absolute atomic E-state index is 14.0. The van der Waals surface area contributed by atoms with Crippen LogP contribution in [0.1, 0.15) is 90.0 Å². The van der Waals surface area contributed by atoms with Gasteiger partial charge in [-0.05, 0) is 70.2 Å². The van der Waals surface area contributed by atoms with Crippen LogP contribution in [0.2, 0.25) is 0 Å². The maximum atomic E-state index is 14.0. The van der Waals surface area contributed by atoms with E-state index in [1.807, 2.05) is 31.9 Å². The van der Waals surface area contributed by atoms with Crippen LogP contribution >= 0.6 is 0 Å². The lowest BCUT2D eigenvalue weighted by molar-refractivity contribution is -0.145. The van der Waals surface area contributed by atoms with Gasteiger partial charge in [-0.25, -0.2) is 4.79 Å². The van der Waals surface area contributed by atoms with E-state index < -0.39 is 206 Å². The van der Waals surface area contributed by atoms with Crippen LogP contribution in [0.4, 0.5) is 0 Å². The quantitative estimate of drug-likeness (QED) is 0.0164. The summed E-state index contributed by atoms with van der Waals surface area (Å²) in [7, 11) is 0.